The van der Waals surface area contributed by atoms with Gasteiger partial charge in [0.15, 0.2) is 0 Å². The number of hydrogen-bond acceptors (Lipinski definition) is 1. The van der Waals surface area contributed by atoms with Crippen LogP contribution in [0.15, 0.2) is 16.8 Å². The van der Waals surface area contributed by atoms with Crippen molar-refractivity contribution in [3.05, 3.63) is 11.8 Å². The molecule has 0 bridgehead atoms. The van der Waals surface area contributed by atoms with Crippen molar-refractivity contribution >= 4 is 5.71 Å². The van der Waals surface area contributed by atoms with Crippen LogP contribution in [0.3, 0.4) is 0 Å². The molecule has 0 aromatic rings. The van der Waals surface area contributed by atoms with Crippen LogP contribution in [0.1, 0.15) is 40.5 Å². The molecule has 0 spiro atoms. The van der Waals surface area contributed by atoms with Gasteiger partial charge in [-0.15, -0.1) is 0 Å². The van der Waals surface area contributed by atoms with E-state index < -0.39 is 0 Å². The summed E-state index contributed by atoms with van der Waals surface area (Å²) in [5, 5.41) is 0. The molecule has 0 saturated heterocycles. The predicted molar refractivity (Wildman–Crippen MR) is 49.9 cm³/mol. The van der Waals surface area contributed by atoms with Crippen LogP contribution in [-0.2, 0) is 0 Å². The van der Waals surface area contributed by atoms with E-state index in [0.29, 0.717) is 5.41 Å². The Morgan fingerprint density at radius 3 is 2.45 bits per heavy atom. The minimum atomic E-state index is 0.375. The van der Waals surface area contributed by atoms with Gasteiger partial charge in [-0.25, -0.2) is 0 Å². The maximum Gasteiger partial charge on any atom is 0.0372 e. The predicted octanol–water partition coefficient (Wildman–Crippen LogP) is 3.17. The molecule has 0 fully saturated rings. The largest absolute Gasteiger partial charge is 0.263 e. The first kappa shape index (κ1) is 8.51. The summed E-state index contributed by atoms with van der Waals surface area (Å²) in [4.78, 5) is 4.45. The van der Waals surface area contributed by atoms with E-state index in [2.05, 4.69) is 38.8 Å². The topological polar surface area (TPSA) is 12.4 Å². The van der Waals surface area contributed by atoms with Crippen LogP contribution < -0.4 is 0 Å². The Kier molecular flexibility index (Phi) is 2.17. The van der Waals surface area contributed by atoms with Crippen LogP contribution in [0, 0.1) is 5.41 Å². The summed E-state index contributed by atoms with van der Waals surface area (Å²) in [5.74, 6) is 0. The highest BCUT2D eigenvalue weighted by molar-refractivity contribution is 5.86. The van der Waals surface area contributed by atoms with Gasteiger partial charge in [-0.05, 0) is 18.8 Å². The summed E-state index contributed by atoms with van der Waals surface area (Å²) in [6.07, 6.45) is 4.40. The summed E-state index contributed by atoms with van der Waals surface area (Å²) < 4.78 is 0. The molecule has 1 aliphatic heterocycles. The van der Waals surface area contributed by atoms with Crippen molar-refractivity contribution in [3.63, 3.8) is 0 Å². The fourth-order valence-electron chi connectivity index (χ4n) is 1.26. The Hall–Kier alpha value is -0.590. The molecule has 1 aliphatic rings. The van der Waals surface area contributed by atoms with Gasteiger partial charge in [0, 0.05) is 17.8 Å². The Labute approximate surface area is 69.2 Å². The molecule has 11 heavy (non-hydrogen) atoms. The maximum absolute atomic E-state index is 4.45. The second-order valence-electron chi connectivity index (χ2n) is 4.48. The third kappa shape index (κ3) is 2.87. The molecule has 0 aromatic heterocycles. The lowest BCUT2D eigenvalue weighted by Crippen LogP contribution is -2.04. The molecule has 0 saturated carbocycles. The van der Waals surface area contributed by atoms with E-state index in [0.717, 1.165) is 12.8 Å². The molecule has 62 valence electrons. The van der Waals surface area contributed by atoms with Gasteiger partial charge in [-0.1, -0.05) is 26.8 Å². The molecule has 0 amide bonds. The fraction of sp³-hybridized carbons (Fsp3) is 0.700. The lowest BCUT2D eigenvalue weighted by atomic mass is 9.91. The number of nitrogens with zero attached hydrogens (tertiary/aromatic N) is 1. The Bertz CT molecular complexity index is 203. The number of hydrogen-bond donors (Lipinski definition) is 0. The van der Waals surface area contributed by atoms with Gasteiger partial charge in [0.05, 0.1) is 0 Å². The van der Waals surface area contributed by atoms with Gasteiger partial charge in [0.25, 0.3) is 0 Å². The third-order valence-electron chi connectivity index (χ3n) is 1.68. The molecular formula is C10H17N. The van der Waals surface area contributed by atoms with Crippen molar-refractivity contribution < 1.29 is 0 Å². The summed E-state index contributed by atoms with van der Waals surface area (Å²) >= 11 is 0. The van der Waals surface area contributed by atoms with E-state index in [4.69, 9.17) is 0 Å². The number of rotatable bonds is 1. The summed E-state index contributed by atoms with van der Waals surface area (Å²) in [5.41, 5.74) is 2.90. The summed E-state index contributed by atoms with van der Waals surface area (Å²) in [6, 6.07) is 0. The average molecular weight is 151 g/mol. The number of aliphatic imine (C=N–C) groups is 1. The van der Waals surface area contributed by atoms with Crippen LogP contribution in [0.4, 0.5) is 0 Å². The minimum Gasteiger partial charge on any atom is -0.263 e. The molecular weight excluding hydrogens is 134 g/mol. The minimum absolute atomic E-state index is 0.375. The van der Waals surface area contributed by atoms with E-state index in [9.17, 15) is 0 Å². The van der Waals surface area contributed by atoms with E-state index in [1.165, 1.54) is 11.4 Å². The van der Waals surface area contributed by atoms with Crippen molar-refractivity contribution in [2.45, 2.75) is 40.5 Å². The maximum atomic E-state index is 4.45. The standard InChI is InChI=1S/C10H17N/c1-8-5-6-9(11-8)7-10(2,3)4/h6H,5,7H2,1-4H3. The van der Waals surface area contributed by atoms with Gasteiger partial charge < -0.3 is 0 Å². The van der Waals surface area contributed by atoms with Crippen LogP contribution in [0.2, 0.25) is 0 Å². The van der Waals surface area contributed by atoms with Crippen LogP contribution in [0.5, 0.6) is 0 Å². The Balaban J connectivity index is 2.53. The molecule has 0 N–H and O–H groups in total. The van der Waals surface area contributed by atoms with E-state index in [-0.39, 0.29) is 0 Å². The highest BCUT2D eigenvalue weighted by Gasteiger charge is 2.14. The van der Waals surface area contributed by atoms with Crippen molar-refractivity contribution in [1.29, 1.82) is 0 Å². The van der Waals surface area contributed by atoms with Gasteiger partial charge >= 0.3 is 0 Å². The van der Waals surface area contributed by atoms with Crippen molar-refractivity contribution in [2.75, 3.05) is 0 Å². The van der Waals surface area contributed by atoms with Crippen LogP contribution in [0.25, 0.3) is 0 Å². The van der Waals surface area contributed by atoms with Gasteiger partial charge in [0.1, 0.15) is 0 Å². The van der Waals surface area contributed by atoms with Gasteiger partial charge in [-0.2, -0.15) is 0 Å². The second-order valence-corrected chi connectivity index (χ2v) is 4.48. The van der Waals surface area contributed by atoms with Crippen LogP contribution >= 0.6 is 0 Å². The fourth-order valence-corrected chi connectivity index (χ4v) is 1.26. The second kappa shape index (κ2) is 2.80. The molecule has 1 heterocycles. The van der Waals surface area contributed by atoms with Crippen molar-refractivity contribution in [1.82, 2.24) is 0 Å². The molecule has 1 heteroatoms. The molecule has 1 rings (SSSR count). The molecule has 0 unspecified atom stereocenters. The molecule has 0 radical (unpaired) electrons. The smallest absolute Gasteiger partial charge is 0.0372 e. The lowest BCUT2D eigenvalue weighted by Gasteiger charge is -2.16. The normalized spacial score (nSPS) is 18.2. The summed E-state index contributed by atoms with van der Waals surface area (Å²) in [6.45, 7) is 8.83. The Morgan fingerprint density at radius 1 is 1.45 bits per heavy atom. The Morgan fingerprint density at radius 2 is 2.09 bits per heavy atom. The zero-order chi connectivity index (χ0) is 8.48. The highest BCUT2D eigenvalue weighted by Crippen LogP contribution is 2.27. The molecule has 0 aromatic carbocycles. The lowest BCUT2D eigenvalue weighted by molar-refractivity contribution is 0.408. The molecule has 0 aliphatic carbocycles. The monoisotopic (exact) mass is 151 g/mol. The van der Waals surface area contributed by atoms with E-state index in [1.54, 1.807) is 0 Å². The van der Waals surface area contributed by atoms with Gasteiger partial charge in [-0.3, -0.25) is 4.99 Å². The third-order valence-corrected chi connectivity index (χ3v) is 1.68. The average Bonchev–Trinajstić information content (AvgIpc) is 2.10. The van der Waals surface area contributed by atoms with Gasteiger partial charge in [0.2, 0.25) is 0 Å². The summed E-state index contributed by atoms with van der Waals surface area (Å²) in [7, 11) is 0. The first-order chi connectivity index (χ1) is 4.97. The SMILES string of the molecule is CC1=NC(CC(C)(C)C)=CC1. The number of allylic oxidation sites excluding steroid dienone is 2. The highest BCUT2D eigenvalue weighted by atomic mass is 14.8. The first-order valence-electron chi connectivity index (χ1n) is 4.20. The quantitative estimate of drug-likeness (QED) is 0.546. The zero-order valence-electron chi connectivity index (χ0n) is 7.94. The first-order valence-corrected chi connectivity index (χ1v) is 4.20. The van der Waals surface area contributed by atoms with Crippen molar-refractivity contribution in [2.24, 2.45) is 10.4 Å². The molecule has 0 atom stereocenters. The van der Waals surface area contributed by atoms with Crippen LogP contribution in [-0.4, -0.2) is 5.71 Å². The zero-order valence-corrected chi connectivity index (χ0v) is 7.94. The van der Waals surface area contributed by atoms with E-state index >= 15 is 0 Å². The van der Waals surface area contributed by atoms with Crippen molar-refractivity contribution in [3.8, 4) is 0 Å². The molecule has 1 nitrogen and oxygen atoms in total. The van der Waals surface area contributed by atoms with E-state index in [1.807, 2.05) is 0 Å².